The summed E-state index contributed by atoms with van der Waals surface area (Å²) in [7, 11) is 0. The second-order valence-corrected chi connectivity index (χ2v) is 6.60. The van der Waals surface area contributed by atoms with Crippen molar-refractivity contribution in [2.75, 3.05) is 10.6 Å². The van der Waals surface area contributed by atoms with Crippen molar-refractivity contribution in [2.24, 2.45) is 0 Å². The molecule has 4 nitrogen and oxygen atoms in total. The molecule has 6 heteroatoms. The molecule has 1 amide bonds. The fourth-order valence-corrected chi connectivity index (χ4v) is 2.94. The van der Waals surface area contributed by atoms with Gasteiger partial charge in [-0.1, -0.05) is 23.7 Å². The molecule has 2 N–H and O–H groups in total. The number of carbonyl (C=O) groups is 1. The van der Waals surface area contributed by atoms with Crippen molar-refractivity contribution in [1.29, 1.82) is 0 Å². The van der Waals surface area contributed by atoms with Gasteiger partial charge >= 0.3 is 0 Å². The van der Waals surface area contributed by atoms with Crippen LogP contribution in [0.25, 0.3) is 0 Å². The second-order valence-electron chi connectivity index (χ2n) is 5.31. The Morgan fingerprint density at radius 3 is 2.46 bits per heavy atom. The van der Waals surface area contributed by atoms with Crippen LogP contribution in [0.15, 0.2) is 53.9 Å². The highest BCUT2D eigenvalue weighted by Crippen LogP contribution is 2.17. The lowest BCUT2D eigenvalue weighted by molar-refractivity contribution is 0.102. The van der Waals surface area contributed by atoms with E-state index in [-0.39, 0.29) is 5.91 Å². The van der Waals surface area contributed by atoms with E-state index in [0.29, 0.717) is 22.3 Å². The molecule has 0 aliphatic heterocycles. The molecule has 24 heavy (non-hydrogen) atoms. The maximum absolute atomic E-state index is 12.2. The van der Waals surface area contributed by atoms with Crippen LogP contribution in [-0.2, 0) is 6.54 Å². The summed E-state index contributed by atoms with van der Waals surface area (Å²) < 4.78 is 0. The highest BCUT2D eigenvalue weighted by atomic mass is 35.5. The van der Waals surface area contributed by atoms with Gasteiger partial charge in [0, 0.05) is 28.2 Å². The molecule has 122 valence electrons. The van der Waals surface area contributed by atoms with Crippen molar-refractivity contribution in [3.63, 3.8) is 0 Å². The quantitative estimate of drug-likeness (QED) is 0.677. The average molecular weight is 358 g/mol. The number of nitrogens with one attached hydrogen (secondary N) is 2. The normalized spacial score (nSPS) is 10.4. The third kappa shape index (κ3) is 4.34. The number of nitrogens with zero attached hydrogens (tertiary/aromatic N) is 1. The maximum atomic E-state index is 12.2. The number of amides is 1. The van der Waals surface area contributed by atoms with E-state index in [1.165, 1.54) is 11.3 Å². The van der Waals surface area contributed by atoms with Crippen molar-refractivity contribution >= 4 is 39.7 Å². The van der Waals surface area contributed by atoms with Gasteiger partial charge in [0.1, 0.15) is 0 Å². The van der Waals surface area contributed by atoms with Gasteiger partial charge in [-0.15, -0.1) is 11.3 Å². The maximum Gasteiger partial charge on any atom is 0.257 e. The largest absolute Gasteiger partial charge is 0.381 e. The number of aryl methyl sites for hydroxylation is 1. The lowest BCUT2D eigenvalue weighted by atomic mass is 10.1. The minimum atomic E-state index is -0.151. The SMILES string of the molecule is Cc1csc(NC(=O)c2ccc(CNc3ccc(Cl)cc3)cc2)n1. The highest BCUT2D eigenvalue weighted by molar-refractivity contribution is 7.13. The van der Waals surface area contributed by atoms with E-state index in [1.54, 1.807) is 0 Å². The first-order chi connectivity index (χ1) is 11.6. The molecule has 0 saturated heterocycles. The Labute approximate surface area is 149 Å². The predicted octanol–water partition coefficient (Wildman–Crippen LogP) is 4.97. The molecule has 1 aromatic heterocycles. The minimum absolute atomic E-state index is 0.151. The molecular weight excluding hydrogens is 342 g/mol. The zero-order valence-corrected chi connectivity index (χ0v) is 14.6. The Morgan fingerprint density at radius 1 is 1.12 bits per heavy atom. The molecular formula is C18H16ClN3OS. The first kappa shape index (κ1) is 16.5. The number of carbonyl (C=O) groups excluding carboxylic acids is 1. The van der Waals surface area contributed by atoms with Gasteiger partial charge in [-0.25, -0.2) is 4.98 Å². The van der Waals surface area contributed by atoms with Crippen molar-refractivity contribution < 1.29 is 4.79 Å². The minimum Gasteiger partial charge on any atom is -0.381 e. The molecule has 0 saturated carbocycles. The van der Waals surface area contributed by atoms with E-state index in [9.17, 15) is 4.79 Å². The predicted molar refractivity (Wildman–Crippen MR) is 100 cm³/mol. The standard InChI is InChI=1S/C18H16ClN3OS/c1-12-11-24-18(21-12)22-17(23)14-4-2-13(3-5-14)10-20-16-8-6-15(19)7-9-16/h2-9,11,20H,10H2,1H3,(H,21,22,23). The highest BCUT2D eigenvalue weighted by Gasteiger charge is 2.08. The first-order valence-electron chi connectivity index (χ1n) is 7.42. The van der Waals surface area contributed by atoms with Gasteiger partial charge in [0.05, 0.1) is 5.69 Å². The van der Waals surface area contributed by atoms with Crippen molar-refractivity contribution in [3.05, 3.63) is 75.8 Å². The molecule has 0 bridgehead atoms. The topological polar surface area (TPSA) is 54.0 Å². The number of aromatic nitrogens is 1. The van der Waals surface area contributed by atoms with Crippen molar-refractivity contribution in [2.45, 2.75) is 13.5 Å². The Kier molecular flexibility index (Phi) is 5.13. The molecule has 0 radical (unpaired) electrons. The van der Waals surface area contributed by atoms with Gasteiger partial charge in [-0.2, -0.15) is 0 Å². The smallest absolute Gasteiger partial charge is 0.257 e. The number of hydrogen-bond donors (Lipinski definition) is 2. The van der Waals surface area contributed by atoms with Crippen LogP contribution >= 0.6 is 22.9 Å². The zero-order valence-electron chi connectivity index (χ0n) is 13.0. The number of halogens is 1. The van der Waals surface area contributed by atoms with E-state index < -0.39 is 0 Å². The molecule has 0 unspecified atom stereocenters. The van der Waals surface area contributed by atoms with Gasteiger partial charge in [-0.3, -0.25) is 10.1 Å². The summed E-state index contributed by atoms with van der Waals surface area (Å²) in [6.45, 7) is 2.57. The summed E-state index contributed by atoms with van der Waals surface area (Å²) in [6.07, 6.45) is 0. The molecule has 0 aliphatic carbocycles. The Balaban J connectivity index is 1.58. The van der Waals surface area contributed by atoms with Crippen LogP contribution < -0.4 is 10.6 Å². The fourth-order valence-electron chi connectivity index (χ4n) is 2.13. The molecule has 0 atom stereocenters. The molecule has 0 spiro atoms. The van der Waals surface area contributed by atoms with Crippen LogP contribution in [0.5, 0.6) is 0 Å². The summed E-state index contributed by atoms with van der Waals surface area (Å²) in [5, 5.41) is 9.35. The van der Waals surface area contributed by atoms with E-state index in [4.69, 9.17) is 11.6 Å². The lowest BCUT2D eigenvalue weighted by Gasteiger charge is -2.07. The summed E-state index contributed by atoms with van der Waals surface area (Å²) in [4.78, 5) is 16.4. The van der Waals surface area contributed by atoms with Crippen molar-refractivity contribution in [3.8, 4) is 0 Å². The molecule has 0 fully saturated rings. The van der Waals surface area contributed by atoms with Crippen LogP contribution in [0.4, 0.5) is 10.8 Å². The summed E-state index contributed by atoms with van der Waals surface area (Å²) in [5.41, 5.74) is 3.60. The van der Waals surface area contributed by atoms with E-state index in [0.717, 1.165) is 16.9 Å². The number of benzene rings is 2. The average Bonchev–Trinajstić information content (AvgIpc) is 2.99. The van der Waals surface area contributed by atoms with Crippen LogP contribution in [0.2, 0.25) is 5.02 Å². The van der Waals surface area contributed by atoms with E-state index in [2.05, 4.69) is 15.6 Å². The van der Waals surface area contributed by atoms with Gasteiger partial charge in [0.15, 0.2) is 5.13 Å². The number of anilines is 2. The van der Waals surface area contributed by atoms with Gasteiger partial charge in [0.2, 0.25) is 0 Å². The fraction of sp³-hybridized carbons (Fsp3) is 0.111. The summed E-state index contributed by atoms with van der Waals surface area (Å²) in [5.74, 6) is -0.151. The van der Waals surface area contributed by atoms with Crippen LogP contribution in [0.3, 0.4) is 0 Å². The first-order valence-corrected chi connectivity index (χ1v) is 8.68. The van der Waals surface area contributed by atoms with Gasteiger partial charge < -0.3 is 5.32 Å². The lowest BCUT2D eigenvalue weighted by Crippen LogP contribution is -2.11. The second kappa shape index (κ2) is 7.47. The molecule has 3 aromatic rings. The van der Waals surface area contributed by atoms with Gasteiger partial charge in [0.25, 0.3) is 5.91 Å². The number of hydrogen-bond acceptors (Lipinski definition) is 4. The Morgan fingerprint density at radius 2 is 1.83 bits per heavy atom. The van der Waals surface area contributed by atoms with Crippen LogP contribution in [-0.4, -0.2) is 10.9 Å². The van der Waals surface area contributed by atoms with Crippen molar-refractivity contribution in [1.82, 2.24) is 4.98 Å². The van der Waals surface area contributed by atoms with Crippen LogP contribution in [0.1, 0.15) is 21.6 Å². The monoisotopic (exact) mass is 357 g/mol. The molecule has 2 aromatic carbocycles. The number of thiazole rings is 1. The summed E-state index contributed by atoms with van der Waals surface area (Å²) >= 11 is 7.29. The Hall–Kier alpha value is -2.37. The third-order valence-corrected chi connectivity index (χ3v) is 4.52. The molecule has 1 heterocycles. The van der Waals surface area contributed by atoms with Gasteiger partial charge in [-0.05, 0) is 48.9 Å². The van der Waals surface area contributed by atoms with Crippen LogP contribution in [0, 0.1) is 6.92 Å². The summed E-state index contributed by atoms with van der Waals surface area (Å²) in [6, 6.07) is 15.1. The molecule has 0 aliphatic rings. The van der Waals surface area contributed by atoms with E-state index >= 15 is 0 Å². The third-order valence-electron chi connectivity index (χ3n) is 3.40. The number of rotatable bonds is 5. The van der Waals surface area contributed by atoms with E-state index in [1.807, 2.05) is 60.8 Å². The molecule has 3 rings (SSSR count). The Bertz CT molecular complexity index is 828. The zero-order chi connectivity index (χ0) is 16.9.